The molecule has 0 amide bonds. The minimum atomic E-state index is -0.430. The molecule has 0 bridgehead atoms. The van der Waals surface area contributed by atoms with Crippen LogP contribution >= 0.6 is 15.9 Å². The van der Waals surface area contributed by atoms with Crippen LogP contribution in [0.5, 0.6) is 0 Å². The van der Waals surface area contributed by atoms with E-state index in [4.69, 9.17) is 10.2 Å². The lowest BCUT2D eigenvalue weighted by Crippen LogP contribution is -2.14. The number of furan rings is 1. The largest absolute Gasteiger partial charge is 0.466 e. The average molecular weight is 254 g/mol. The zero-order chi connectivity index (χ0) is 9.97. The van der Waals surface area contributed by atoms with E-state index >= 15 is 0 Å². The van der Waals surface area contributed by atoms with Gasteiger partial charge in [0.2, 0.25) is 0 Å². The number of hydrogen-bond donors (Lipinski definition) is 1. The van der Waals surface area contributed by atoms with Gasteiger partial charge in [-0.25, -0.2) is 9.97 Å². The van der Waals surface area contributed by atoms with E-state index in [0.717, 1.165) is 4.47 Å². The Bertz CT molecular complexity index is 415. The molecule has 0 saturated heterocycles. The molecular weight excluding hydrogens is 246 g/mol. The van der Waals surface area contributed by atoms with Gasteiger partial charge in [-0.2, -0.15) is 0 Å². The van der Waals surface area contributed by atoms with E-state index in [1.165, 1.54) is 0 Å². The van der Waals surface area contributed by atoms with Crippen molar-refractivity contribution in [2.45, 2.75) is 6.04 Å². The van der Waals surface area contributed by atoms with Crippen LogP contribution in [-0.4, -0.2) is 9.97 Å². The van der Waals surface area contributed by atoms with Crippen LogP contribution in [0, 0.1) is 0 Å². The van der Waals surface area contributed by atoms with Gasteiger partial charge in [-0.3, -0.25) is 0 Å². The van der Waals surface area contributed by atoms with E-state index in [0.29, 0.717) is 11.6 Å². The summed E-state index contributed by atoms with van der Waals surface area (Å²) in [5.74, 6) is 1.18. The van der Waals surface area contributed by atoms with Crippen LogP contribution < -0.4 is 5.73 Å². The first-order chi connectivity index (χ1) is 6.79. The summed E-state index contributed by atoms with van der Waals surface area (Å²) in [7, 11) is 0. The maximum atomic E-state index is 5.91. The van der Waals surface area contributed by atoms with Crippen molar-refractivity contribution in [2.75, 3.05) is 0 Å². The number of hydrogen-bond acceptors (Lipinski definition) is 4. The molecule has 0 aromatic carbocycles. The molecule has 2 N–H and O–H groups in total. The molecule has 72 valence electrons. The molecule has 0 fully saturated rings. The maximum absolute atomic E-state index is 5.91. The summed E-state index contributed by atoms with van der Waals surface area (Å²) in [5.41, 5.74) is 5.91. The predicted molar refractivity (Wildman–Crippen MR) is 54.5 cm³/mol. The first-order valence-electron chi connectivity index (χ1n) is 4.04. The van der Waals surface area contributed by atoms with Crippen LogP contribution in [0.15, 0.2) is 39.7 Å². The smallest absolute Gasteiger partial charge is 0.152 e. The number of nitrogens with two attached hydrogens (primary N) is 1. The normalized spacial score (nSPS) is 12.7. The topological polar surface area (TPSA) is 64.9 Å². The average Bonchev–Trinajstić information content (AvgIpc) is 2.65. The van der Waals surface area contributed by atoms with Crippen molar-refractivity contribution in [1.29, 1.82) is 0 Å². The van der Waals surface area contributed by atoms with E-state index in [1.807, 2.05) is 0 Å². The Morgan fingerprint density at radius 1 is 1.36 bits per heavy atom. The first-order valence-corrected chi connectivity index (χ1v) is 4.83. The SMILES string of the molecule is NC(c1ncccn1)c1occc1Br. The molecule has 0 aliphatic rings. The van der Waals surface area contributed by atoms with Crippen LogP contribution in [0.3, 0.4) is 0 Å². The molecule has 4 nitrogen and oxygen atoms in total. The molecule has 0 saturated carbocycles. The second kappa shape index (κ2) is 3.89. The Morgan fingerprint density at radius 3 is 2.64 bits per heavy atom. The molecule has 0 radical (unpaired) electrons. The summed E-state index contributed by atoms with van der Waals surface area (Å²) < 4.78 is 6.06. The zero-order valence-electron chi connectivity index (χ0n) is 7.22. The standard InChI is InChI=1S/C9H8BrN3O/c10-6-2-5-14-8(6)7(11)9-12-3-1-4-13-9/h1-5,7H,11H2. The Labute approximate surface area is 89.3 Å². The summed E-state index contributed by atoms with van der Waals surface area (Å²) >= 11 is 3.33. The van der Waals surface area contributed by atoms with Crippen molar-refractivity contribution >= 4 is 15.9 Å². The highest BCUT2D eigenvalue weighted by molar-refractivity contribution is 9.10. The molecule has 2 aromatic heterocycles. The second-order valence-electron chi connectivity index (χ2n) is 2.72. The highest BCUT2D eigenvalue weighted by atomic mass is 79.9. The first kappa shape index (κ1) is 9.36. The molecule has 14 heavy (non-hydrogen) atoms. The highest BCUT2D eigenvalue weighted by Crippen LogP contribution is 2.25. The highest BCUT2D eigenvalue weighted by Gasteiger charge is 2.17. The van der Waals surface area contributed by atoms with E-state index in [9.17, 15) is 0 Å². The minimum absolute atomic E-state index is 0.430. The van der Waals surface area contributed by atoms with Crippen LogP contribution in [0.25, 0.3) is 0 Å². The lowest BCUT2D eigenvalue weighted by atomic mass is 10.2. The Balaban J connectivity index is 2.34. The van der Waals surface area contributed by atoms with Gasteiger partial charge < -0.3 is 10.2 Å². The van der Waals surface area contributed by atoms with Gasteiger partial charge in [0.05, 0.1) is 10.7 Å². The minimum Gasteiger partial charge on any atom is -0.466 e. The Morgan fingerprint density at radius 2 is 2.07 bits per heavy atom. The van der Waals surface area contributed by atoms with Gasteiger partial charge in [-0.05, 0) is 28.1 Å². The van der Waals surface area contributed by atoms with Crippen LogP contribution in [-0.2, 0) is 0 Å². The molecular formula is C9H8BrN3O. The maximum Gasteiger partial charge on any atom is 0.152 e. The quantitative estimate of drug-likeness (QED) is 0.888. The third kappa shape index (κ3) is 1.69. The summed E-state index contributed by atoms with van der Waals surface area (Å²) in [6.07, 6.45) is 4.88. The van der Waals surface area contributed by atoms with Gasteiger partial charge in [-0.1, -0.05) is 0 Å². The van der Waals surface area contributed by atoms with Gasteiger partial charge in [0.15, 0.2) is 5.82 Å². The van der Waals surface area contributed by atoms with Crippen LogP contribution in [0.1, 0.15) is 17.6 Å². The van der Waals surface area contributed by atoms with Crippen LogP contribution in [0.4, 0.5) is 0 Å². The Kier molecular flexibility index (Phi) is 2.60. The molecule has 5 heteroatoms. The van der Waals surface area contributed by atoms with E-state index in [1.54, 1.807) is 30.8 Å². The molecule has 0 aliphatic heterocycles. The molecule has 0 aliphatic carbocycles. The summed E-state index contributed by atoms with van der Waals surface area (Å²) in [6.45, 7) is 0. The molecule has 1 unspecified atom stereocenters. The fraction of sp³-hybridized carbons (Fsp3) is 0.111. The van der Waals surface area contributed by atoms with E-state index < -0.39 is 6.04 Å². The van der Waals surface area contributed by atoms with Crippen LogP contribution in [0.2, 0.25) is 0 Å². The fourth-order valence-corrected chi connectivity index (χ4v) is 1.56. The molecule has 0 spiro atoms. The summed E-state index contributed by atoms with van der Waals surface area (Å²) in [4.78, 5) is 8.12. The third-order valence-corrected chi connectivity index (χ3v) is 2.45. The number of halogens is 1. The Hall–Kier alpha value is -1.20. The second-order valence-corrected chi connectivity index (χ2v) is 3.57. The van der Waals surface area contributed by atoms with E-state index in [-0.39, 0.29) is 0 Å². The van der Waals surface area contributed by atoms with Gasteiger partial charge in [-0.15, -0.1) is 0 Å². The van der Waals surface area contributed by atoms with E-state index in [2.05, 4.69) is 25.9 Å². The lowest BCUT2D eigenvalue weighted by Gasteiger charge is -2.06. The zero-order valence-corrected chi connectivity index (χ0v) is 8.81. The monoisotopic (exact) mass is 253 g/mol. The van der Waals surface area contributed by atoms with Crippen molar-refractivity contribution in [2.24, 2.45) is 5.73 Å². The number of rotatable bonds is 2. The molecule has 1 atom stereocenters. The van der Waals surface area contributed by atoms with Crippen molar-refractivity contribution in [3.8, 4) is 0 Å². The molecule has 2 heterocycles. The van der Waals surface area contributed by atoms with Gasteiger partial charge in [0.1, 0.15) is 11.8 Å². The predicted octanol–water partition coefficient (Wildman–Crippen LogP) is 1.88. The van der Waals surface area contributed by atoms with Crippen molar-refractivity contribution in [1.82, 2.24) is 9.97 Å². The third-order valence-electron chi connectivity index (χ3n) is 1.79. The van der Waals surface area contributed by atoms with Crippen molar-refractivity contribution in [3.05, 3.63) is 46.8 Å². The molecule has 2 aromatic rings. The number of aromatic nitrogens is 2. The lowest BCUT2D eigenvalue weighted by molar-refractivity contribution is 0.480. The van der Waals surface area contributed by atoms with Gasteiger partial charge in [0, 0.05) is 12.4 Å². The van der Waals surface area contributed by atoms with Gasteiger partial charge in [0.25, 0.3) is 0 Å². The van der Waals surface area contributed by atoms with Crippen molar-refractivity contribution < 1.29 is 4.42 Å². The molecule has 2 rings (SSSR count). The summed E-state index contributed by atoms with van der Waals surface area (Å²) in [6, 6.07) is 3.10. The fourth-order valence-electron chi connectivity index (χ4n) is 1.12. The van der Waals surface area contributed by atoms with Crippen molar-refractivity contribution in [3.63, 3.8) is 0 Å². The number of nitrogens with zero attached hydrogens (tertiary/aromatic N) is 2. The van der Waals surface area contributed by atoms with Gasteiger partial charge >= 0.3 is 0 Å². The summed E-state index contributed by atoms with van der Waals surface area (Å²) in [5, 5.41) is 0.